The number of anilines is 1. The van der Waals surface area contributed by atoms with Crippen LogP contribution in [0.3, 0.4) is 0 Å². The summed E-state index contributed by atoms with van der Waals surface area (Å²) in [6.45, 7) is 1.44. The number of hydrogen-bond acceptors (Lipinski definition) is 3. The number of hydrogen-bond donors (Lipinski definition) is 2. The molecule has 0 spiro atoms. The molecule has 0 aliphatic carbocycles. The predicted molar refractivity (Wildman–Crippen MR) is 83.9 cm³/mol. The highest BCUT2D eigenvalue weighted by molar-refractivity contribution is 5.90. The van der Waals surface area contributed by atoms with Gasteiger partial charge in [0.25, 0.3) is 0 Å². The SMILES string of the molecule is NCCCCCC(=O)Nc1cccc(Cn2ccnc2)c1. The molecule has 0 unspecified atom stereocenters. The number of imidazole rings is 1. The van der Waals surface area contributed by atoms with Gasteiger partial charge in [-0.1, -0.05) is 18.6 Å². The largest absolute Gasteiger partial charge is 0.333 e. The maximum atomic E-state index is 11.8. The van der Waals surface area contributed by atoms with E-state index < -0.39 is 0 Å². The lowest BCUT2D eigenvalue weighted by molar-refractivity contribution is -0.116. The molecule has 5 nitrogen and oxygen atoms in total. The number of benzene rings is 1. The Kier molecular flexibility index (Phi) is 5.97. The van der Waals surface area contributed by atoms with Gasteiger partial charge in [0.2, 0.25) is 5.91 Å². The number of aromatic nitrogens is 2. The summed E-state index contributed by atoms with van der Waals surface area (Å²) in [5.41, 5.74) is 7.41. The first-order valence-electron chi connectivity index (χ1n) is 7.32. The second-order valence-corrected chi connectivity index (χ2v) is 5.08. The molecule has 0 atom stereocenters. The molecule has 1 aromatic carbocycles. The minimum absolute atomic E-state index is 0.0619. The van der Waals surface area contributed by atoms with Gasteiger partial charge >= 0.3 is 0 Å². The van der Waals surface area contributed by atoms with E-state index in [1.807, 2.05) is 35.0 Å². The molecule has 1 aromatic heterocycles. The van der Waals surface area contributed by atoms with E-state index >= 15 is 0 Å². The van der Waals surface area contributed by atoms with Gasteiger partial charge in [0.1, 0.15) is 0 Å². The highest BCUT2D eigenvalue weighted by atomic mass is 16.1. The fourth-order valence-corrected chi connectivity index (χ4v) is 2.17. The van der Waals surface area contributed by atoms with Crippen LogP contribution in [0.2, 0.25) is 0 Å². The molecule has 0 saturated heterocycles. The maximum absolute atomic E-state index is 11.8. The Labute approximate surface area is 125 Å². The van der Waals surface area contributed by atoms with Crippen LogP contribution in [0.4, 0.5) is 5.69 Å². The normalized spacial score (nSPS) is 10.5. The number of carbonyl (C=O) groups excluding carboxylic acids is 1. The average molecular weight is 286 g/mol. The summed E-state index contributed by atoms with van der Waals surface area (Å²) < 4.78 is 1.99. The highest BCUT2D eigenvalue weighted by Gasteiger charge is 2.03. The number of nitrogens with one attached hydrogen (secondary N) is 1. The molecule has 0 radical (unpaired) electrons. The zero-order chi connectivity index (χ0) is 14.9. The third kappa shape index (κ3) is 5.39. The summed E-state index contributed by atoms with van der Waals surface area (Å²) in [6, 6.07) is 7.90. The third-order valence-corrected chi connectivity index (χ3v) is 3.24. The van der Waals surface area contributed by atoms with Crippen molar-refractivity contribution in [2.75, 3.05) is 11.9 Å². The fraction of sp³-hybridized carbons (Fsp3) is 0.375. The summed E-state index contributed by atoms with van der Waals surface area (Å²) in [5.74, 6) is 0.0619. The van der Waals surface area contributed by atoms with Crippen LogP contribution in [0, 0.1) is 0 Å². The molecular weight excluding hydrogens is 264 g/mol. The standard InChI is InChI=1S/C16H22N4O/c17-8-3-1-2-7-16(21)19-15-6-4-5-14(11-15)12-20-10-9-18-13-20/h4-6,9-11,13H,1-3,7-8,12,17H2,(H,19,21). The van der Waals surface area contributed by atoms with Gasteiger partial charge in [-0.25, -0.2) is 4.98 Å². The van der Waals surface area contributed by atoms with E-state index in [4.69, 9.17) is 5.73 Å². The zero-order valence-corrected chi connectivity index (χ0v) is 12.2. The van der Waals surface area contributed by atoms with Crippen molar-refractivity contribution in [3.63, 3.8) is 0 Å². The molecule has 0 aliphatic rings. The van der Waals surface area contributed by atoms with Gasteiger partial charge in [-0.05, 0) is 37.1 Å². The number of nitrogens with two attached hydrogens (primary N) is 1. The summed E-state index contributed by atoms with van der Waals surface area (Å²) in [4.78, 5) is 15.9. The minimum Gasteiger partial charge on any atom is -0.333 e. The van der Waals surface area contributed by atoms with Crippen LogP contribution in [0.5, 0.6) is 0 Å². The molecule has 1 heterocycles. The van der Waals surface area contributed by atoms with Gasteiger partial charge in [-0.15, -0.1) is 0 Å². The van der Waals surface area contributed by atoms with Crippen LogP contribution in [0.1, 0.15) is 31.2 Å². The van der Waals surface area contributed by atoms with Crippen molar-refractivity contribution in [1.29, 1.82) is 0 Å². The van der Waals surface area contributed by atoms with E-state index in [0.29, 0.717) is 13.0 Å². The number of amides is 1. The van der Waals surface area contributed by atoms with Crippen LogP contribution in [-0.2, 0) is 11.3 Å². The molecule has 0 bridgehead atoms. The lowest BCUT2D eigenvalue weighted by Crippen LogP contribution is -2.11. The highest BCUT2D eigenvalue weighted by Crippen LogP contribution is 2.13. The lowest BCUT2D eigenvalue weighted by atomic mass is 10.1. The van der Waals surface area contributed by atoms with Crippen molar-refractivity contribution >= 4 is 11.6 Å². The number of carbonyl (C=O) groups is 1. The van der Waals surface area contributed by atoms with E-state index in [9.17, 15) is 4.79 Å². The van der Waals surface area contributed by atoms with Crippen LogP contribution in [0.15, 0.2) is 43.0 Å². The second kappa shape index (κ2) is 8.21. The van der Waals surface area contributed by atoms with E-state index in [-0.39, 0.29) is 5.91 Å². The Bertz CT molecular complexity index is 551. The summed E-state index contributed by atoms with van der Waals surface area (Å²) >= 11 is 0. The molecule has 5 heteroatoms. The van der Waals surface area contributed by atoms with E-state index in [1.165, 1.54) is 0 Å². The van der Waals surface area contributed by atoms with Gasteiger partial charge < -0.3 is 15.6 Å². The molecule has 21 heavy (non-hydrogen) atoms. The number of nitrogens with zero attached hydrogens (tertiary/aromatic N) is 2. The van der Waals surface area contributed by atoms with Crippen LogP contribution in [-0.4, -0.2) is 22.0 Å². The Morgan fingerprint density at radius 3 is 2.95 bits per heavy atom. The molecular formula is C16H22N4O. The van der Waals surface area contributed by atoms with Gasteiger partial charge in [-0.3, -0.25) is 4.79 Å². The smallest absolute Gasteiger partial charge is 0.224 e. The van der Waals surface area contributed by atoms with E-state index in [1.54, 1.807) is 12.5 Å². The van der Waals surface area contributed by atoms with Crippen LogP contribution in [0.25, 0.3) is 0 Å². The average Bonchev–Trinajstić information content (AvgIpc) is 2.97. The summed E-state index contributed by atoms with van der Waals surface area (Å²) in [6.07, 6.45) is 8.88. The number of rotatable bonds is 8. The Morgan fingerprint density at radius 2 is 2.19 bits per heavy atom. The molecule has 2 rings (SSSR count). The van der Waals surface area contributed by atoms with Crippen molar-refractivity contribution in [2.24, 2.45) is 5.73 Å². The van der Waals surface area contributed by atoms with Crippen molar-refractivity contribution in [3.8, 4) is 0 Å². The monoisotopic (exact) mass is 286 g/mol. The summed E-state index contributed by atoms with van der Waals surface area (Å²) in [7, 11) is 0. The van der Waals surface area contributed by atoms with Crippen molar-refractivity contribution in [1.82, 2.24) is 9.55 Å². The first-order valence-corrected chi connectivity index (χ1v) is 7.32. The summed E-state index contributed by atoms with van der Waals surface area (Å²) in [5, 5.41) is 2.94. The van der Waals surface area contributed by atoms with Crippen LogP contribution < -0.4 is 11.1 Å². The minimum atomic E-state index is 0.0619. The molecule has 112 valence electrons. The zero-order valence-electron chi connectivity index (χ0n) is 12.2. The molecule has 0 saturated carbocycles. The van der Waals surface area contributed by atoms with Gasteiger partial charge in [0, 0.05) is 31.0 Å². The first kappa shape index (κ1) is 15.3. The van der Waals surface area contributed by atoms with E-state index in [0.717, 1.165) is 37.1 Å². The Balaban J connectivity index is 1.84. The second-order valence-electron chi connectivity index (χ2n) is 5.08. The molecule has 2 aromatic rings. The van der Waals surface area contributed by atoms with Gasteiger partial charge in [-0.2, -0.15) is 0 Å². The molecule has 0 aliphatic heterocycles. The molecule has 3 N–H and O–H groups in total. The third-order valence-electron chi connectivity index (χ3n) is 3.24. The van der Waals surface area contributed by atoms with E-state index in [2.05, 4.69) is 10.3 Å². The quantitative estimate of drug-likeness (QED) is 0.732. The Morgan fingerprint density at radius 1 is 1.29 bits per heavy atom. The molecule has 1 amide bonds. The van der Waals surface area contributed by atoms with Gasteiger partial charge in [0.05, 0.1) is 6.33 Å². The first-order chi connectivity index (χ1) is 10.3. The topological polar surface area (TPSA) is 72.9 Å². The van der Waals surface area contributed by atoms with Crippen molar-refractivity contribution < 1.29 is 4.79 Å². The van der Waals surface area contributed by atoms with Crippen molar-refractivity contribution in [2.45, 2.75) is 32.2 Å². The van der Waals surface area contributed by atoms with Gasteiger partial charge in [0.15, 0.2) is 0 Å². The predicted octanol–water partition coefficient (Wildman–Crippen LogP) is 2.39. The Hall–Kier alpha value is -2.14. The maximum Gasteiger partial charge on any atom is 0.224 e. The van der Waals surface area contributed by atoms with Crippen LogP contribution >= 0.6 is 0 Å². The molecule has 0 fully saturated rings. The lowest BCUT2D eigenvalue weighted by Gasteiger charge is -2.08. The fourth-order valence-electron chi connectivity index (χ4n) is 2.17. The number of unbranched alkanes of at least 4 members (excludes halogenated alkanes) is 2. The van der Waals surface area contributed by atoms with Crippen molar-refractivity contribution in [3.05, 3.63) is 48.5 Å².